The van der Waals surface area contributed by atoms with E-state index < -0.39 is 0 Å². The van der Waals surface area contributed by atoms with Crippen LogP contribution in [0.2, 0.25) is 0 Å². The topological polar surface area (TPSA) is 70.7 Å². The maximum atomic E-state index is 12.5. The quantitative estimate of drug-likeness (QED) is 0.778. The highest BCUT2D eigenvalue weighted by atomic mass is 16.1. The summed E-state index contributed by atoms with van der Waals surface area (Å²) in [5.41, 5.74) is 4.90. The van der Waals surface area contributed by atoms with Crippen LogP contribution in [0, 0.1) is 0 Å². The Morgan fingerprint density at radius 1 is 1.22 bits per heavy atom. The van der Waals surface area contributed by atoms with Gasteiger partial charge in [0.15, 0.2) is 0 Å². The largest absolute Gasteiger partial charge is 0.351 e. The molecule has 0 bridgehead atoms. The van der Waals surface area contributed by atoms with Crippen LogP contribution < -0.4 is 5.32 Å². The lowest BCUT2D eigenvalue weighted by Gasteiger charge is -2.30. The van der Waals surface area contributed by atoms with Gasteiger partial charge in [0.05, 0.1) is 17.5 Å². The maximum Gasteiger partial charge on any atom is 0.255 e. The molecule has 1 aliphatic rings. The Hall–Kier alpha value is -2.95. The van der Waals surface area contributed by atoms with Crippen LogP contribution >= 0.6 is 0 Å². The summed E-state index contributed by atoms with van der Waals surface area (Å²) < 4.78 is 0. The summed E-state index contributed by atoms with van der Waals surface area (Å²) in [7, 11) is 0. The van der Waals surface area contributed by atoms with Crippen molar-refractivity contribution in [2.45, 2.75) is 12.3 Å². The lowest BCUT2D eigenvalue weighted by molar-refractivity contribution is 0.0951. The number of carbonyl (C=O) groups excluding carboxylic acids is 1. The van der Waals surface area contributed by atoms with Gasteiger partial charge in [-0.15, -0.1) is 0 Å². The number of hydrogen-bond acceptors (Lipinski definition) is 3. The van der Waals surface area contributed by atoms with Crippen molar-refractivity contribution in [1.29, 1.82) is 0 Å². The molecule has 1 aromatic carbocycles. The molecule has 0 saturated heterocycles. The number of H-pyrrole nitrogens is 1. The number of nitrogens with one attached hydrogen (secondary N) is 2. The molecule has 5 heteroatoms. The third-order valence-corrected chi connectivity index (χ3v) is 4.32. The Bertz CT molecular complexity index is 841. The van der Waals surface area contributed by atoms with E-state index in [9.17, 15) is 4.79 Å². The summed E-state index contributed by atoms with van der Waals surface area (Å²) in [6.07, 6.45) is 5.99. The van der Waals surface area contributed by atoms with Gasteiger partial charge in [0.25, 0.3) is 5.91 Å². The Morgan fingerprint density at radius 3 is 2.87 bits per heavy atom. The second kappa shape index (κ2) is 5.68. The number of aromatic nitrogens is 3. The highest BCUT2D eigenvalue weighted by molar-refractivity contribution is 5.99. The van der Waals surface area contributed by atoms with Gasteiger partial charge in [0.2, 0.25) is 0 Å². The molecule has 2 heterocycles. The number of nitrogens with zero attached hydrogens (tertiary/aromatic N) is 2. The molecular formula is C18H16N4O. The smallest absolute Gasteiger partial charge is 0.255 e. The van der Waals surface area contributed by atoms with Crippen molar-refractivity contribution in [3.63, 3.8) is 0 Å². The standard InChI is InChI=1S/C18H16N4O/c23-18(20-10-14-9-13-3-1-2-4-15(13)14)16-11-21-22-17(16)12-5-7-19-8-6-12/h1-8,11,14H,9-10H2,(H,20,23)(H,21,22). The van der Waals surface area contributed by atoms with Crippen LogP contribution in [0.25, 0.3) is 11.3 Å². The Morgan fingerprint density at radius 2 is 2.04 bits per heavy atom. The third-order valence-electron chi connectivity index (χ3n) is 4.32. The van der Waals surface area contributed by atoms with E-state index in [1.165, 1.54) is 11.1 Å². The summed E-state index contributed by atoms with van der Waals surface area (Å²) >= 11 is 0. The number of rotatable bonds is 4. The number of aromatic amines is 1. The number of pyridine rings is 1. The predicted molar refractivity (Wildman–Crippen MR) is 87.0 cm³/mol. The van der Waals surface area contributed by atoms with Gasteiger partial charge < -0.3 is 5.32 Å². The average molecular weight is 304 g/mol. The lowest BCUT2D eigenvalue weighted by Crippen LogP contribution is -2.33. The first-order chi connectivity index (χ1) is 11.3. The highest BCUT2D eigenvalue weighted by Crippen LogP contribution is 2.34. The van der Waals surface area contributed by atoms with Gasteiger partial charge in [-0.2, -0.15) is 5.10 Å². The third kappa shape index (κ3) is 2.50. The molecule has 1 unspecified atom stereocenters. The van der Waals surface area contributed by atoms with Crippen LogP contribution in [-0.2, 0) is 6.42 Å². The second-order valence-electron chi connectivity index (χ2n) is 5.70. The molecule has 0 spiro atoms. The fourth-order valence-corrected chi connectivity index (χ4v) is 3.05. The fraction of sp³-hybridized carbons (Fsp3) is 0.167. The minimum absolute atomic E-state index is 0.102. The van der Waals surface area contributed by atoms with Crippen molar-refractivity contribution in [2.24, 2.45) is 0 Å². The second-order valence-corrected chi connectivity index (χ2v) is 5.70. The summed E-state index contributed by atoms with van der Waals surface area (Å²) in [4.78, 5) is 16.5. The number of benzene rings is 1. The molecule has 2 N–H and O–H groups in total. The van der Waals surface area contributed by atoms with Gasteiger partial charge in [-0.05, 0) is 29.7 Å². The molecule has 0 radical (unpaired) electrons. The molecule has 5 nitrogen and oxygen atoms in total. The predicted octanol–water partition coefficient (Wildman–Crippen LogP) is 2.54. The molecule has 1 aliphatic carbocycles. The fourth-order valence-electron chi connectivity index (χ4n) is 3.05. The van der Waals surface area contributed by atoms with E-state index in [0.29, 0.717) is 18.0 Å². The molecule has 3 aromatic rings. The molecule has 0 aliphatic heterocycles. The summed E-state index contributed by atoms with van der Waals surface area (Å²) in [6.45, 7) is 0.650. The Kier molecular flexibility index (Phi) is 3.38. The van der Waals surface area contributed by atoms with E-state index in [1.807, 2.05) is 18.2 Å². The van der Waals surface area contributed by atoms with Crippen LogP contribution in [0.5, 0.6) is 0 Å². The average Bonchev–Trinajstić information content (AvgIpc) is 3.06. The van der Waals surface area contributed by atoms with Crippen molar-refractivity contribution >= 4 is 5.91 Å². The van der Waals surface area contributed by atoms with Crippen molar-refractivity contribution in [3.8, 4) is 11.3 Å². The lowest BCUT2D eigenvalue weighted by atomic mass is 9.77. The minimum atomic E-state index is -0.102. The van der Waals surface area contributed by atoms with E-state index in [4.69, 9.17) is 0 Å². The van der Waals surface area contributed by atoms with Crippen LogP contribution in [0.1, 0.15) is 27.4 Å². The van der Waals surface area contributed by atoms with Gasteiger partial charge in [-0.1, -0.05) is 24.3 Å². The van der Waals surface area contributed by atoms with E-state index in [1.54, 1.807) is 18.6 Å². The van der Waals surface area contributed by atoms with E-state index >= 15 is 0 Å². The number of hydrogen-bond donors (Lipinski definition) is 2. The van der Waals surface area contributed by atoms with Crippen molar-refractivity contribution in [1.82, 2.24) is 20.5 Å². The molecule has 0 fully saturated rings. The van der Waals surface area contributed by atoms with Gasteiger partial charge in [0, 0.05) is 30.4 Å². The molecule has 2 aromatic heterocycles. The first kappa shape index (κ1) is 13.7. The first-order valence-corrected chi connectivity index (χ1v) is 7.62. The number of amides is 1. The van der Waals surface area contributed by atoms with E-state index in [0.717, 1.165) is 17.7 Å². The zero-order valence-corrected chi connectivity index (χ0v) is 12.5. The van der Waals surface area contributed by atoms with Gasteiger partial charge >= 0.3 is 0 Å². The molecular weight excluding hydrogens is 288 g/mol. The van der Waals surface area contributed by atoms with Crippen LogP contribution in [-0.4, -0.2) is 27.6 Å². The molecule has 1 atom stereocenters. The summed E-state index contributed by atoms with van der Waals surface area (Å²) in [5, 5.41) is 9.93. The maximum absolute atomic E-state index is 12.5. The summed E-state index contributed by atoms with van der Waals surface area (Å²) in [5.74, 6) is 0.307. The van der Waals surface area contributed by atoms with Crippen molar-refractivity contribution < 1.29 is 4.79 Å². The number of carbonyl (C=O) groups is 1. The molecule has 1 amide bonds. The zero-order chi connectivity index (χ0) is 15.6. The first-order valence-electron chi connectivity index (χ1n) is 7.62. The van der Waals surface area contributed by atoms with Gasteiger partial charge in [-0.3, -0.25) is 14.9 Å². The molecule has 4 rings (SSSR count). The molecule has 0 saturated carbocycles. The van der Waals surface area contributed by atoms with Gasteiger partial charge in [-0.25, -0.2) is 0 Å². The SMILES string of the molecule is O=C(NCC1Cc2ccccc21)c1cn[nH]c1-c1ccncc1. The van der Waals surface area contributed by atoms with E-state index in [2.05, 4.69) is 38.7 Å². The highest BCUT2D eigenvalue weighted by Gasteiger charge is 2.26. The zero-order valence-electron chi connectivity index (χ0n) is 12.5. The summed E-state index contributed by atoms with van der Waals surface area (Å²) in [6, 6.07) is 12.1. The van der Waals surface area contributed by atoms with E-state index in [-0.39, 0.29) is 5.91 Å². The van der Waals surface area contributed by atoms with Crippen LogP contribution in [0.3, 0.4) is 0 Å². The van der Waals surface area contributed by atoms with Crippen LogP contribution in [0.15, 0.2) is 55.0 Å². The molecule has 114 valence electrons. The van der Waals surface area contributed by atoms with Crippen LogP contribution in [0.4, 0.5) is 0 Å². The number of fused-ring (bicyclic) bond motifs is 1. The monoisotopic (exact) mass is 304 g/mol. The minimum Gasteiger partial charge on any atom is -0.351 e. The van der Waals surface area contributed by atoms with Crippen molar-refractivity contribution in [2.75, 3.05) is 6.54 Å². The van der Waals surface area contributed by atoms with Crippen molar-refractivity contribution in [3.05, 3.63) is 71.7 Å². The Labute approximate surface area is 133 Å². The normalized spacial score (nSPS) is 15.6. The molecule has 23 heavy (non-hydrogen) atoms. The van der Waals surface area contributed by atoms with Gasteiger partial charge in [0.1, 0.15) is 0 Å². The Balaban J connectivity index is 1.46.